The second-order valence-corrected chi connectivity index (χ2v) is 7.16. The van der Waals surface area contributed by atoms with Crippen molar-refractivity contribution in [1.82, 2.24) is 15.5 Å². The smallest absolute Gasteiger partial charge is 0.225 e. The van der Waals surface area contributed by atoms with Gasteiger partial charge in [0.2, 0.25) is 11.8 Å². The lowest BCUT2D eigenvalue weighted by atomic mass is 10.1. The zero-order valence-electron chi connectivity index (χ0n) is 16.2. The molecule has 2 saturated heterocycles. The second-order valence-electron chi connectivity index (χ2n) is 7.16. The lowest BCUT2D eigenvalue weighted by Gasteiger charge is -2.26. The van der Waals surface area contributed by atoms with E-state index in [1.807, 2.05) is 24.3 Å². The quantitative estimate of drug-likeness (QED) is 0.593. The van der Waals surface area contributed by atoms with Gasteiger partial charge in [0.25, 0.3) is 0 Å². The summed E-state index contributed by atoms with van der Waals surface area (Å²) in [4.78, 5) is 26.5. The third kappa shape index (κ3) is 7.20. The topological polar surface area (TPSA) is 91.9 Å². The van der Waals surface area contributed by atoms with Crippen LogP contribution in [0.2, 0.25) is 0 Å². The van der Waals surface area contributed by atoms with E-state index in [0.717, 1.165) is 50.6 Å². The highest BCUT2D eigenvalue weighted by Crippen LogP contribution is 2.11. The van der Waals surface area contributed by atoms with Crippen molar-refractivity contribution in [3.05, 3.63) is 29.8 Å². The van der Waals surface area contributed by atoms with Crippen molar-refractivity contribution in [3.63, 3.8) is 0 Å². The zero-order valence-corrected chi connectivity index (χ0v) is 16.2. The van der Waals surface area contributed by atoms with Gasteiger partial charge in [-0.25, -0.2) is 0 Å². The molecule has 0 aliphatic carbocycles. The highest BCUT2D eigenvalue weighted by molar-refractivity contribution is 5.90. The van der Waals surface area contributed by atoms with Crippen molar-refractivity contribution < 1.29 is 19.1 Å². The number of carbonyl (C=O) groups is 2. The van der Waals surface area contributed by atoms with Gasteiger partial charge in [-0.15, -0.1) is 0 Å². The summed E-state index contributed by atoms with van der Waals surface area (Å²) in [6, 6.07) is 7.66. The van der Waals surface area contributed by atoms with Gasteiger partial charge in [-0.2, -0.15) is 0 Å². The van der Waals surface area contributed by atoms with Crippen LogP contribution in [0.1, 0.15) is 18.4 Å². The molecule has 1 unspecified atom stereocenters. The molecule has 8 nitrogen and oxygen atoms in total. The first-order chi connectivity index (χ1) is 13.7. The number of hydrogen-bond acceptors (Lipinski definition) is 6. The number of benzene rings is 1. The Bertz CT molecular complexity index is 643. The molecule has 28 heavy (non-hydrogen) atoms. The predicted molar refractivity (Wildman–Crippen MR) is 106 cm³/mol. The van der Waals surface area contributed by atoms with E-state index in [1.54, 1.807) is 0 Å². The molecule has 1 atom stereocenters. The lowest BCUT2D eigenvalue weighted by Crippen LogP contribution is -2.44. The van der Waals surface area contributed by atoms with Gasteiger partial charge in [-0.05, 0) is 17.7 Å². The van der Waals surface area contributed by atoms with E-state index in [2.05, 4.69) is 20.9 Å². The molecule has 3 rings (SSSR count). The van der Waals surface area contributed by atoms with E-state index in [0.29, 0.717) is 32.6 Å². The van der Waals surface area contributed by atoms with Crippen LogP contribution >= 0.6 is 0 Å². The Morgan fingerprint density at radius 1 is 1.14 bits per heavy atom. The van der Waals surface area contributed by atoms with Gasteiger partial charge in [0.05, 0.1) is 26.4 Å². The van der Waals surface area contributed by atoms with Crippen LogP contribution < -0.4 is 16.0 Å². The van der Waals surface area contributed by atoms with Crippen molar-refractivity contribution in [3.8, 4) is 0 Å². The van der Waals surface area contributed by atoms with Gasteiger partial charge in [-0.1, -0.05) is 12.1 Å². The van der Waals surface area contributed by atoms with E-state index >= 15 is 0 Å². The Morgan fingerprint density at radius 3 is 2.79 bits per heavy atom. The molecule has 0 radical (unpaired) electrons. The van der Waals surface area contributed by atoms with Crippen molar-refractivity contribution in [1.29, 1.82) is 0 Å². The molecule has 2 aliphatic rings. The fourth-order valence-electron chi connectivity index (χ4n) is 3.31. The molecule has 0 spiro atoms. The van der Waals surface area contributed by atoms with Crippen LogP contribution in [0.15, 0.2) is 24.3 Å². The number of ether oxygens (including phenoxy) is 2. The van der Waals surface area contributed by atoms with Gasteiger partial charge in [0.15, 0.2) is 0 Å². The molecule has 8 heteroatoms. The van der Waals surface area contributed by atoms with Crippen LogP contribution in [0.5, 0.6) is 0 Å². The minimum atomic E-state index is -0.0112. The van der Waals surface area contributed by atoms with Crippen molar-refractivity contribution >= 4 is 17.5 Å². The van der Waals surface area contributed by atoms with Crippen molar-refractivity contribution in [2.45, 2.75) is 25.4 Å². The fraction of sp³-hybridized carbons (Fsp3) is 0.600. The Labute approximate surface area is 165 Å². The molecule has 2 aliphatic heterocycles. The molecule has 2 fully saturated rings. The summed E-state index contributed by atoms with van der Waals surface area (Å²) < 4.78 is 10.7. The van der Waals surface area contributed by atoms with Crippen molar-refractivity contribution in [2.75, 3.05) is 57.9 Å². The van der Waals surface area contributed by atoms with E-state index < -0.39 is 0 Å². The molecule has 2 amide bonds. The summed E-state index contributed by atoms with van der Waals surface area (Å²) in [6.45, 7) is 6.45. The Morgan fingerprint density at radius 2 is 2.00 bits per heavy atom. The fourth-order valence-corrected chi connectivity index (χ4v) is 3.31. The van der Waals surface area contributed by atoms with Crippen molar-refractivity contribution in [2.24, 2.45) is 0 Å². The standard InChI is InChI=1S/C20H30N4O4/c25-19(4-6-24-7-10-27-11-8-24)23-17-3-1-2-16(12-17)14-22-20(26)13-18-15-28-9-5-21-18/h1-3,12,18,21H,4-11,13-15H2,(H,22,26)(H,23,25). The normalized spacial score (nSPS) is 20.5. The Hall–Kier alpha value is -2.00. The number of nitrogens with zero attached hydrogens (tertiary/aromatic N) is 1. The maximum Gasteiger partial charge on any atom is 0.225 e. The molecule has 1 aromatic carbocycles. The first kappa shape index (κ1) is 20.7. The van der Waals surface area contributed by atoms with E-state index in [9.17, 15) is 9.59 Å². The van der Waals surface area contributed by atoms with E-state index in [4.69, 9.17) is 9.47 Å². The molecular weight excluding hydrogens is 360 g/mol. The van der Waals surface area contributed by atoms with Crippen LogP contribution in [0, 0.1) is 0 Å². The van der Waals surface area contributed by atoms with Crippen LogP contribution in [-0.4, -0.2) is 75.4 Å². The number of rotatable bonds is 8. The van der Waals surface area contributed by atoms with Gasteiger partial charge in [0, 0.05) is 57.3 Å². The summed E-state index contributed by atoms with van der Waals surface area (Å²) in [5.74, 6) is -0.0148. The summed E-state index contributed by atoms with van der Waals surface area (Å²) >= 11 is 0. The van der Waals surface area contributed by atoms with Crippen LogP contribution in [0.25, 0.3) is 0 Å². The third-order valence-corrected chi connectivity index (χ3v) is 4.89. The summed E-state index contributed by atoms with van der Waals surface area (Å²) in [5.41, 5.74) is 1.70. The molecule has 0 aromatic heterocycles. The minimum Gasteiger partial charge on any atom is -0.379 e. The Balaban J connectivity index is 1.39. The molecule has 154 valence electrons. The zero-order chi connectivity index (χ0) is 19.6. The van der Waals surface area contributed by atoms with E-state index in [1.165, 1.54) is 0 Å². The monoisotopic (exact) mass is 390 g/mol. The molecule has 3 N–H and O–H groups in total. The van der Waals surface area contributed by atoms with Gasteiger partial charge < -0.3 is 25.4 Å². The van der Waals surface area contributed by atoms with Crippen LogP contribution in [-0.2, 0) is 25.6 Å². The lowest BCUT2D eigenvalue weighted by molar-refractivity contribution is -0.122. The number of amides is 2. The first-order valence-corrected chi connectivity index (χ1v) is 9.96. The number of nitrogens with one attached hydrogen (secondary N) is 3. The number of carbonyl (C=O) groups excluding carboxylic acids is 2. The first-order valence-electron chi connectivity index (χ1n) is 9.96. The average Bonchev–Trinajstić information content (AvgIpc) is 2.73. The molecule has 2 heterocycles. The van der Waals surface area contributed by atoms with Gasteiger partial charge >= 0.3 is 0 Å². The number of hydrogen-bond donors (Lipinski definition) is 3. The summed E-state index contributed by atoms with van der Waals surface area (Å²) in [7, 11) is 0. The average molecular weight is 390 g/mol. The number of anilines is 1. The Kier molecular flexibility index (Phi) is 8.23. The molecule has 1 aromatic rings. The number of morpholine rings is 2. The van der Waals surface area contributed by atoms with E-state index in [-0.39, 0.29) is 17.9 Å². The predicted octanol–water partition coefficient (Wildman–Crippen LogP) is 0.342. The highest BCUT2D eigenvalue weighted by atomic mass is 16.5. The van der Waals surface area contributed by atoms with Crippen LogP contribution in [0.3, 0.4) is 0 Å². The third-order valence-electron chi connectivity index (χ3n) is 4.89. The molecular formula is C20H30N4O4. The summed E-state index contributed by atoms with van der Waals surface area (Å²) in [6.07, 6.45) is 0.857. The SMILES string of the molecule is O=C(CC1COCCN1)NCc1cccc(NC(=O)CCN2CCOCC2)c1. The maximum atomic E-state index is 12.2. The second kappa shape index (κ2) is 11.1. The molecule has 0 saturated carbocycles. The van der Waals surface area contributed by atoms with Gasteiger partial charge in [-0.3, -0.25) is 14.5 Å². The van der Waals surface area contributed by atoms with Crippen LogP contribution in [0.4, 0.5) is 5.69 Å². The summed E-state index contributed by atoms with van der Waals surface area (Å²) in [5, 5.41) is 9.14. The maximum absolute atomic E-state index is 12.2. The largest absolute Gasteiger partial charge is 0.379 e. The minimum absolute atomic E-state index is 0.00366. The van der Waals surface area contributed by atoms with Gasteiger partial charge in [0.1, 0.15) is 0 Å². The highest BCUT2D eigenvalue weighted by Gasteiger charge is 2.16. The molecule has 0 bridgehead atoms.